The van der Waals surface area contributed by atoms with E-state index >= 15 is 0 Å². The van der Waals surface area contributed by atoms with Crippen molar-refractivity contribution in [1.29, 1.82) is 0 Å². The molecule has 0 radical (unpaired) electrons. The van der Waals surface area contributed by atoms with E-state index in [-0.39, 0.29) is 16.7 Å². The molecule has 4 aromatic rings. The molecule has 0 aliphatic heterocycles. The van der Waals surface area contributed by atoms with Gasteiger partial charge in [0.2, 0.25) is 5.82 Å². The average Bonchev–Trinajstić information content (AvgIpc) is 3.17. The molecule has 1 N–H and O–H groups in total. The fourth-order valence-electron chi connectivity index (χ4n) is 2.73. The van der Waals surface area contributed by atoms with E-state index in [1.54, 1.807) is 48.5 Å². The number of carbonyl (C=O) groups is 1. The van der Waals surface area contributed by atoms with Crippen molar-refractivity contribution >= 4 is 46.4 Å². The van der Waals surface area contributed by atoms with Crippen molar-refractivity contribution in [2.45, 2.75) is 0 Å². The van der Waals surface area contributed by atoms with Crippen LogP contribution in [0.4, 0.5) is 10.1 Å². The van der Waals surface area contributed by atoms with Crippen LogP contribution in [0.25, 0.3) is 17.1 Å². The molecule has 0 aliphatic rings. The summed E-state index contributed by atoms with van der Waals surface area (Å²) in [6.07, 6.45) is 0. The van der Waals surface area contributed by atoms with Crippen LogP contribution >= 0.6 is 34.8 Å². The van der Waals surface area contributed by atoms with Crippen LogP contribution in [-0.4, -0.2) is 20.7 Å². The van der Waals surface area contributed by atoms with Gasteiger partial charge in [-0.25, -0.2) is 14.1 Å². The largest absolute Gasteiger partial charge is 0.318 e. The number of hydrogen-bond donors (Lipinski definition) is 1. The first-order valence-electron chi connectivity index (χ1n) is 8.66. The van der Waals surface area contributed by atoms with Gasteiger partial charge in [0.05, 0.1) is 16.4 Å². The van der Waals surface area contributed by atoms with Crippen molar-refractivity contribution in [2.75, 3.05) is 5.32 Å². The molecular weight excluding hydrogens is 450 g/mol. The quantitative estimate of drug-likeness (QED) is 0.389. The van der Waals surface area contributed by atoms with Crippen LogP contribution in [0, 0.1) is 5.82 Å². The van der Waals surface area contributed by atoms with E-state index in [1.807, 2.05) is 0 Å². The topological polar surface area (TPSA) is 59.8 Å². The van der Waals surface area contributed by atoms with E-state index in [0.29, 0.717) is 32.8 Å². The van der Waals surface area contributed by atoms with Gasteiger partial charge in [0.1, 0.15) is 5.82 Å². The fourth-order valence-corrected chi connectivity index (χ4v) is 3.31. The van der Waals surface area contributed by atoms with Gasteiger partial charge in [0.15, 0.2) is 5.82 Å². The van der Waals surface area contributed by atoms with Gasteiger partial charge < -0.3 is 5.32 Å². The molecule has 0 saturated carbocycles. The number of rotatable bonds is 4. The van der Waals surface area contributed by atoms with Gasteiger partial charge in [-0.3, -0.25) is 4.79 Å². The third-order valence-corrected chi connectivity index (χ3v) is 4.96. The molecule has 30 heavy (non-hydrogen) atoms. The van der Waals surface area contributed by atoms with Crippen molar-refractivity contribution in [3.05, 3.63) is 93.4 Å². The first-order valence-corrected chi connectivity index (χ1v) is 9.79. The predicted octanol–water partition coefficient (Wildman–Crippen LogP) is 6.29. The number of benzene rings is 3. The summed E-state index contributed by atoms with van der Waals surface area (Å²) >= 11 is 18.0. The zero-order valence-electron chi connectivity index (χ0n) is 15.1. The van der Waals surface area contributed by atoms with Crippen LogP contribution < -0.4 is 5.32 Å². The van der Waals surface area contributed by atoms with Crippen molar-refractivity contribution in [3.8, 4) is 17.1 Å². The Balaban J connectivity index is 1.75. The Labute approximate surface area is 186 Å². The smallest absolute Gasteiger partial charge is 0.295 e. The van der Waals surface area contributed by atoms with Crippen LogP contribution in [0.15, 0.2) is 66.7 Å². The molecule has 9 heteroatoms. The van der Waals surface area contributed by atoms with Crippen LogP contribution in [-0.2, 0) is 0 Å². The molecule has 3 aromatic carbocycles. The minimum Gasteiger partial charge on any atom is -0.318 e. The lowest BCUT2D eigenvalue weighted by Crippen LogP contribution is -2.14. The average molecular weight is 462 g/mol. The first-order chi connectivity index (χ1) is 14.4. The van der Waals surface area contributed by atoms with E-state index in [1.165, 1.54) is 22.9 Å². The number of anilines is 1. The SMILES string of the molecule is O=C(Nc1ccc(Cl)cc1Cl)c1nc(-c2ccc(F)cc2)n(-c2ccc(Cl)cc2)n1. The van der Waals surface area contributed by atoms with Gasteiger partial charge in [-0.1, -0.05) is 34.8 Å². The fraction of sp³-hybridized carbons (Fsp3) is 0. The molecule has 0 spiro atoms. The molecule has 5 nitrogen and oxygen atoms in total. The number of halogens is 4. The molecule has 1 aromatic heterocycles. The highest BCUT2D eigenvalue weighted by Gasteiger charge is 2.20. The highest BCUT2D eigenvalue weighted by Crippen LogP contribution is 2.27. The summed E-state index contributed by atoms with van der Waals surface area (Å²) < 4.78 is 14.9. The van der Waals surface area contributed by atoms with Crippen molar-refractivity contribution < 1.29 is 9.18 Å². The molecule has 0 aliphatic carbocycles. The Morgan fingerprint density at radius 1 is 0.900 bits per heavy atom. The van der Waals surface area contributed by atoms with E-state index < -0.39 is 5.91 Å². The van der Waals surface area contributed by atoms with Crippen LogP contribution in [0.5, 0.6) is 0 Å². The molecule has 150 valence electrons. The molecule has 4 rings (SSSR count). The Hall–Kier alpha value is -2.93. The summed E-state index contributed by atoms with van der Waals surface area (Å²) in [5.74, 6) is -0.665. The third-order valence-electron chi connectivity index (χ3n) is 4.16. The molecule has 1 amide bonds. The van der Waals surface area contributed by atoms with E-state index in [0.717, 1.165) is 0 Å². The van der Waals surface area contributed by atoms with Gasteiger partial charge in [-0.15, -0.1) is 5.10 Å². The van der Waals surface area contributed by atoms with E-state index in [4.69, 9.17) is 34.8 Å². The third kappa shape index (κ3) is 4.31. The summed E-state index contributed by atoms with van der Waals surface area (Å²) in [7, 11) is 0. The molecule has 1 heterocycles. The normalized spacial score (nSPS) is 10.8. The molecule has 0 saturated heterocycles. The first kappa shape index (κ1) is 20.3. The number of carbonyl (C=O) groups excluding carboxylic acids is 1. The highest BCUT2D eigenvalue weighted by molar-refractivity contribution is 6.36. The van der Waals surface area contributed by atoms with Gasteiger partial charge in [-0.05, 0) is 66.7 Å². The van der Waals surface area contributed by atoms with Crippen LogP contribution in [0.3, 0.4) is 0 Å². The van der Waals surface area contributed by atoms with E-state index in [9.17, 15) is 9.18 Å². The summed E-state index contributed by atoms with van der Waals surface area (Å²) in [4.78, 5) is 17.1. The Morgan fingerprint density at radius 2 is 1.57 bits per heavy atom. The molecule has 0 bridgehead atoms. The molecule has 0 unspecified atom stereocenters. The summed E-state index contributed by atoms with van der Waals surface area (Å²) in [5, 5.41) is 8.29. The lowest BCUT2D eigenvalue weighted by molar-refractivity contribution is 0.101. The van der Waals surface area contributed by atoms with E-state index in [2.05, 4.69) is 15.4 Å². The molecule has 0 fully saturated rings. The summed E-state index contributed by atoms with van der Waals surface area (Å²) in [5.41, 5.74) is 1.59. The van der Waals surface area contributed by atoms with Crippen molar-refractivity contribution in [1.82, 2.24) is 14.8 Å². The maximum absolute atomic E-state index is 13.4. The van der Waals surface area contributed by atoms with Crippen molar-refractivity contribution in [3.63, 3.8) is 0 Å². The summed E-state index contributed by atoms with van der Waals surface area (Å²) in [6.45, 7) is 0. The summed E-state index contributed by atoms with van der Waals surface area (Å²) in [6, 6.07) is 17.3. The minimum atomic E-state index is -0.560. The Morgan fingerprint density at radius 3 is 2.23 bits per heavy atom. The number of nitrogens with zero attached hydrogens (tertiary/aromatic N) is 3. The van der Waals surface area contributed by atoms with Gasteiger partial charge >= 0.3 is 0 Å². The number of hydrogen-bond acceptors (Lipinski definition) is 3. The van der Waals surface area contributed by atoms with Gasteiger partial charge in [0, 0.05) is 15.6 Å². The predicted molar refractivity (Wildman–Crippen MR) is 116 cm³/mol. The van der Waals surface area contributed by atoms with Crippen LogP contribution in [0.2, 0.25) is 15.1 Å². The van der Waals surface area contributed by atoms with Gasteiger partial charge in [0.25, 0.3) is 5.91 Å². The maximum atomic E-state index is 13.4. The zero-order valence-corrected chi connectivity index (χ0v) is 17.4. The lowest BCUT2D eigenvalue weighted by Gasteiger charge is -2.06. The maximum Gasteiger partial charge on any atom is 0.295 e. The second-order valence-electron chi connectivity index (χ2n) is 6.23. The Kier molecular flexibility index (Phi) is 5.72. The van der Waals surface area contributed by atoms with Gasteiger partial charge in [-0.2, -0.15) is 0 Å². The minimum absolute atomic E-state index is 0.0877. The zero-order chi connectivity index (χ0) is 21.3. The number of aromatic nitrogens is 3. The number of nitrogens with one attached hydrogen (secondary N) is 1. The molecule has 0 atom stereocenters. The lowest BCUT2D eigenvalue weighted by atomic mass is 10.2. The highest BCUT2D eigenvalue weighted by atomic mass is 35.5. The second-order valence-corrected chi connectivity index (χ2v) is 7.51. The molecular formula is C21H12Cl3FN4O. The van der Waals surface area contributed by atoms with Crippen LogP contribution in [0.1, 0.15) is 10.6 Å². The standard InChI is InChI=1S/C21H12Cl3FN4O/c22-13-3-8-16(9-4-13)29-20(12-1-6-15(25)7-2-12)27-19(28-29)21(30)26-18-10-5-14(23)11-17(18)24/h1-11H,(H,26,30). The second kappa shape index (κ2) is 8.44. The number of amides is 1. The monoisotopic (exact) mass is 460 g/mol. The Bertz CT molecular complexity index is 1160. The van der Waals surface area contributed by atoms with Crippen molar-refractivity contribution in [2.24, 2.45) is 0 Å².